The molecule has 0 spiro atoms. The van der Waals surface area contributed by atoms with E-state index in [-0.39, 0.29) is 12.1 Å². The van der Waals surface area contributed by atoms with Gasteiger partial charge in [-0.05, 0) is 20.8 Å². The second-order valence-electron chi connectivity index (χ2n) is 6.26. The Morgan fingerprint density at radius 3 is 2.00 bits per heavy atom. The molecule has 0 aromatic rings. The first kappa shape index (κ1) is 15.6. The highest BCUT2D eigenvalue weighted by Gasteiger charge is 2.34. The van der Waals surface area contributed by atoms with Crippen molar-refractivity contribution < 1.29 is 9.53 Å². The molecule has 0 radical (unpaired) electrons. The molecular weight excluding hydrogens is 244 g/mol. The van der Waals surface area contributed by atoms with Crippen molar-refractivity contribution >= 4 is 12.1 Å². The third-order valence-corrected chi connectivity index (χ3v) is 2.61. The fourth-order valence-corrected chi connectivity index (χ4v) is 1.81. The topological polar surface area (TPSA) is 48.4 Å². The molecule has 1 aliphatic heterocycles. The first-order chi connectivity index (χ1) is 8.60. The number of guanidine groups is 1. The summed E-state index contributed by atoms with van der Waals surface area (Å²) in [6, 6.07) is 0.160. The lowest BCUT2D eigenvalue weighted by Gasteiger charge is -2.38. The van der Waals surface area contributed by atoms with Crippen molar-refractivity contribution in [2.75, 3.05) is 41.3 Å². The molecule has 1 fully saturated rings. The van der Waals surface area contributed by atoms with E-state index in [4.69, 9.17) is 4.74 Å². The Balaban J connectivity index is 2.49. The lowest BCUT2D eigenvalue weighted by molar-refractivity contribution is 0.00889. The van der Waals surface area contributed by atoms with Crippen molar-refractivity contribution in [1.29, 1.82) is 0 Å². The van der Waals surface area contributed by atoms with Crippen LogP contribution in [0.3, 0.4) is 0 Å². The number of ether oxygens (including phenoxy) is 1. The molecule has 6 nitrogen and oxygen atoms in total. The van der Waals surface area contributed by atoms with E-state index in [2.05, 4.69) is 4.99 Å². The average Bonchev–Trinajstić information content (AvgIpc) is 2.10. The van der Waals surface area contributed by atoms with Gasteiger partial charge in [0.05, 0.1) is 6.04 Å². The Morgan fingerprint density at radius 2 is 1.63 bits per heavy atom. The molecule has 0 aliphatic carbocycles. The molecule has 1 amide bonds. The number of hydrogen-bond acceptors (Lipinski definition) is 3. The van der Waals surface area contributed by atoms with Crippen molar-refractivity contribution in [3.05, 3.63) is 0 Å². The maximum absolute atomic E-state index is 11.8. The highest BCUT2D eigenvalue weighted by molar-refractivity contribution is 5.79. The van der Waals surface area contributed by atoms with Crippen molar-refractivity contribution in [1.82, 2.24) is 14.7 Å². The van der Waals surface area contributed by atoms with Crippen LogP contribution in [0.1, 0.15) is 20.8 Å². The molecular formula is C13H26N4O2. The molecule has 0 aromatic carbocycles. The maximum Gasteiger partial charge on any atom is 0.410 e. The van der Waals surface area contributed by atoms with Gasteiger partial charge in [-0.25, -0.2) is 9.79 Å². The number of carbonyl (C=O) groups is 1. The van der Waals surface area contributed by atoms with E-state index in [1.54, 1.807) is 4.90 Å². The van der Waals surface area contributed by atoms with Gasteiger partial charge in [0, 0.05) is 41.3 Å². The van der Waals surface area contributed by atoms with Gasteiger partial charge < -0.3 is 19.4 Å². The van der Waals surface area contributed by atoms with Gasteiger partial charge >= 0.3 is 6.09 Å². The van der Waals surface area contributed by atoms with Crippen LogP contribution < -0.4 is 0 Å². The third-order valence-electron chi connectivity index (χ3n) is 2.61. The molecule has 1 heterocycles. The minimum atomic E-state index is -0.441. The normalized spacial score (nSPS) is 15.6. The quantitative estimate of drug-likeness (QED) is 0.528. The Bertz CT molecular complexity index is 342. The van der Waals surface area contributed by atoms with Crippen molar-refractivity contribution in [3.8, 4) is 0 Å². The van der Waals surface area contributed by atoms with Crippen molar-refractivity contribution in [2.45, 2.75) is 32.4 Å². The van der Waals surface area contributed by atoms with Crippen LogP contribution in [0.15, 0.2) is 4.99 Å². The number of hydrogen-bond donors (Lipinski definition) is 0. The molecule has 0 saturated carbocycles. The van der Waals surface area contributed by atoms with E-state index in [0.29, 0.717) is 13.1 Å². The average molecular weight is 270 g/mol. The number of rotatable bonds is 1. The number of nitrogens with zero attached hydrogens (tertiary/aromatic N) is 4. The molecule has 0 N–H and O–H groups in total. The Morgan fingerprint density at radius 1 is 1.16 bits per heavy atom. The monoisotopic (exact) mass is 270 g/mol. The van der Waals surface area contributed by atoms with Crippen LogP contribution in [0.25, 0.3) is 0 Å². The Labute approximate surface area is 116 Å². The zero-order valence-corrected chi connectivity index (χ0v) is 13.1. The van der Waals surface area contributed by atoms with Crippen LogP contribution >= 0.6 is 0 Å². The Kier molecular flexibility index (Phi) is 4.66. The number of aliphatic imine (C=N–C) groups is 1. The molecule has 1 rings (SSSR count). The summed E-state index contributed by atoms with van der Waals surface area (Å²) in [5.41, 5.74) is -0.441. The summed E-state index contributed by atoms with van der Waals surface area (Å²) in [7, 11) is 7.85. The van der Waals surface area contributed by atoms with E-state index in [1.807, 2.05) is 58.8 Å². The van der Waals surface area contributed by atoms with E-state index in [0.717, 1.165) is 5.96 Å². The Hall–Kier alpha value is -1.46. The predicted octanol–water partition coefficient (Wildman–Crippen LogP) is 1.08. The first-order valence-corrected chi connectivity index (χ1v) is 6.50. The third kappa shape index (κ3) is 4.61. The summed E-state index contributed by atoms with van der Waals surface area (Å²) in [5.74, 6) is 0.911. The highest BCUT2D eigenvalue weighted by atomic mass is 16.6. The van der Waals surface area contributed by atoms with Gasteiger partial charge in [-0.3, -0.25) is 0 Å². The molecule has 1 aliphatic rings. The van der Waals surface area contributed by atoms with Crippen LogP contribution in [-0.4, -0.2) is 79.7 Å². The molecule has 0 atom stereocenters. The van der Waals surface area contributed by atoms with Crippen LogP contribution in [0.4, 0.5) is 4.79 Å². The number of carbonyl (C=O) groups excluding carboxylic acids is 1. The predicted molar refractivity (Wildman–Crippen MR) is 76.4 cm³/mol. The summed E-state index contributed by atoms with van der Waals surface area (Å²) in [6.07, 6.45) is -0.254. The lowest BCUT2D eigenvalue weighted by atomic mass is 10.1. The maximum atomic E-state index is 11.8. The van der Waals surface area contributed by atoms with Gasteiger partial charge in [0.15, 0.2) is 5.96 Å². The highest BCUT2D eigenvalue weighted by Crippen LogP contribution is 2.17. The van der Waals surface area contributed by atoms with Gasteiger partial charge in [0.25, 0.3) is 0 Å². The smallest absolute Gasteiger partial charge is 0.410 e. The van der Waals surface area contributed by atoms with E-state index < -0.39 is 5.60 Å². The molecule has 0 aromatic heterocycles. The minimum Gasteiger partial charge on any atom is -0.444 e. The van der Waals surface area contributed by atoms with E-state index in [1.165, 1.54) is 0 Å². The fourth-order valence-electron chi connectivity index (χ4n) is 1.81. The SMILES string of the molecule is CN(C)C(=NC1CN(C(=O)OC(C)(C)C)C1)N(C)C. The van der Waals surface area contributed by atoms with Gasteiger partial charge in [0.2, 0.25) is 0 Å². The van der Waals surface area contributed by atoms with Gasteiger partial charge in [-0.1, -0.05) is 0 Å². The standard InChI is InChI=1S/C13H26N4O2/c1-13(2,3)19-12(18)17-8-10(9-17)14-11(15(4)5)16(6)7/h10H,8-9H2,1-7H3. The van der Waals surface area contributed by atoms with Gasteiger partial charge in [-0.15, -0.1) is 0 Å². The summed E-state index contributed by atoms with van der Waals surface area (Å²) < 4.78 is 5.31. The van der Waals surface area contributed by atoms with Crippen molar-refractivity contribution in [2.24, 2.45) is 4.99 Å². The van der Waals surface area contributed by atoms with Crippen LogP contribution in [0.2, 0.25) is 0 Å². The first-order valence-electron chi connectivity index (χ1n) is 6.50. The molecule has 19 heavy (non-hydrogen) atoms. The van der Waals surface area contributed by atoms with Crippen LogP contribution in [-0.2, 0) is 4.74 Å². The summed E-state index contributed by atoms with van der Waals surface area (Å²) in [5, 5.41) is 0. The minimum absolute atomic E-state index is 0.160. The number of amides is 1. The fraction of sp³-hybridized carbons (Fsp3) is 0.846. The van der Waals surface area contributed by atoms with Crippen molar-refractivity contribution in [3.63, 3.8) is 0 Å². The molecule has 0 bridgehead atoms. The summed E-state index contributed by atoms with van der Waals surface area (Å²) in [4.78, 5) is 22.0. The molecule has 1 saturated heterocycles. The molecule has 0 unspecified atom stereocenters. The van der Waals surface area contributed by atoms with E-state index in [9.17, 15) is 4.79 Å². The van der Waals surface area contributed by atoms with Crippen LogP contribution in [0, 0.1) is 0 Å². The molecule has 110 valence electrons. The van der Waals surface area contributed by atoms with Gasteiger partial charge in [-0.2, -0.15) is 0 Å². The van der Waals surface area contributed by atoms with Crippen LogP contribution in [0.5, 0.6) is 0 Å². The zero-order chi connectivity index (χ0) is 14.8. The summed E-state index contributed by atoms with van der Waals surface area (Å²) >= 11 is 0. The molecule has 6 heteroatoms. The zero-order valence-electron chi connectivity index (χ0n) is 13.1. The summed E-state index contributed by atoms with van der Waals surface area (Å²) in [6.45, 7) is 6.86. The van der Waals surface area contributed by atoms with Gasteiger partial charge in [0.1, 0.15) is 5.60 Å². The number of likely N-dealkylation sites (tertiary alicyclic amines) is 1. The second kappa shape index (κ2) is 5.67. The second-order valence-corrected chi connectivity index (χ2v) is 6.26. The lowest BCUT2D eigenvalue weighted by Crippen LogP contribution is -2.55. The largest absolute Gasteiger partial charge is 0.444 e. The van der Waals surface area contributed by atoms with E-state index >= 15 is 0 Å².